The molecule has 0 aliphatic rings. The van der Waals surface area contributed by atoms with Crippen molar-refractivity contribution >= 4 is 44.3 Å². The second kappa shape index (κ2) is 4.59. The van der Waals surface area contributed by atoms with Gasteiger partial charge in [0.25, 0.3) is 0 Å². The molecule has 0 aliphatic carbocycles. The van der Waals surface area contributed by atoms with Crippen LogP contribution in [0.5, 0.6) is 0 Å². The number of fused-ring (bicyclic) bond motifs is 1. The third-order valence-corrected chi connectivity index (χ3v) is 4.45. The lowest BCUT2D eigenvalue weighted by atomic mass is 10.1. The quantitative estimate of drug-likeness (QED) is 0.707. The molecule has 0 spiro atoms. The van der Waals surface area contributed by atoms with E-state index in [1.807, 2.05) is 11.6 Å². The first-order chi connectivity index (χ1) is 8.75. The number of thiophene rings is 1. The minimum Gasteiger partial charge on any atom is -0.395 e. The average Bonchev–Trinajstić information content (AvgIpc) is 3.02. The summed E-state index contributed by atoms with van der Waals surface area (Å²) in [4.78, 5) is 4.30. The van der Waals surface area contributed by atoms with Gasteiger partial charge in [0.2, 0.25) is 0 Å². The SMILES string of the molecule is CC(Nc1ccc2scnc2c1N)c1ccsc1. The van der Waals surface area contributed by atoms with Gasteiger partial charge in [-0.05, 0) is 41.4 Å². The number of benzene rings is 1. The lowest BCUT2D eigenvalue weighted by molar-refractivity contribution is 0.892. The van der Waals surface area contributed by atoms with E-state index in [2.05, 4.69) is 40.1 Å². The maximum atomic E-state index is 6.15. The van der Waals surface area contributed by atoms with Gasteiger partial charge in [0.15, 0.2) is 0 Å². The van der Waals surface area contributed by atoms with Crippen molar-refractivity contribution in [2.24, 2.45) is 0 Å². The maximum Gasteiger partial charge on any atom is 0.106 e. The molecule has 0 aliphatic heterocycles. The highest BCUT2D eigenvalue weighted by Gasteiger charge is 2.10. The van der Waals surface area contributed by atoms with E-state index < -0.39 is 0 Å². The maximum absolute atomic E-state index is 6.15. The first-order valence-corrected chi connectivity index (χ1v) is 7.48. The van der Waals surface area contributed by atoms with Crippen LogP contribution in [-0.4, -0.2) is 4.98 Å². The number of nitrogens with zero attached hydrogens (tertiary/aromatic N) is 1. The molecule has 0 amide bonds. The van der Waals surface area contributed by atoms with Gasteiger partial charge in [-0.2, -0.15) is 11.3 Å². The summed E-state index contributed by atoms with van der Waals surface area (Å²) in [6.45, 7) is 2.13. The van der Waals surface area contributed by atoms with Crippen LogP contribution in [0.1, 0.15) is 18.5 Å². The Hall–Kier alpha value is -1.59. The number of anilines is 2. The van der Waals surface area contributed by atoms with Gasteiger partial charge < -0.3 is 11.1 Å². The molecule has 92 valence electrons. The Bertz CT molecular complexity index is 658. The molecular formula is C13H13N3S2. The number of rotatable bonds is 3. The summed E-state index contributed by atoms with van der Waals surface area (Å²) < 4.78 is 1.13. The standard InChI is InChI=1S/C13H13N3S2/c1-8(9-4-5-17-6-9)16-10-2-3-11-13(12(10)14)15-7-18-11/h2-8,16H,14H2,1H3. The molecule has 3 N–H and O–H groups in total. The smallest absolute Gasteiger partial charge is 0.106 e. The van der Waals surface area contributed by atoms with Crippen molar-refractivity contribution in [3.63, 3.8) is 0 Å². The first kappa shape index (κ1) is 11.5. The van der Waals surface area contributed by atoms with E-state index >= 15 is 0 Å². The lowest BCUT2D eigenvalue weighted by Crippen LogP contribution is -2.07. The van der Waals surface area contributed by atoms with Crippen molar-refractivity contribution in [3.05, 3.63) is 40.0 Å². The third-order valence-electron chi connectivity index (χ3n) is 2.96. The molecule has 0 saturated carbocycles. The summed E-state index contributed by atoms with van der Waals surface area (Å²) in [6, 6.07) is 6.46. The van der Waals surface area contributed by atoms with Crippen LogP contribution in [0.3, 0.4) is 0 Å². The highest BCUT2D eigenvalue weighted by molar-refractivity contribution is 7.16. The first-order valence-electron chi connectivity index (χ1n) is 5.66. The van der Waals surface area contributed by atoms with Gasteiger partial charge in [-0.15, -0.1) is 11.3 Å². The van der Waals surface area contributed by atoms with E-state index in [1.165, 1.54) is 5.56 Å². The fourth-order valence-corrected chi connectivity index (χ4v) is 3.36. The van der Waals surface area contributed by atoms with E-state index in [1.54, 1.807) is 22.7 Å². The number of aromatic nitrogens is 1. The van der Waals surface area contributed by atoms with Crippen LogP contribution in [0.2, 0.25) is 0 Å². The Kier molecular flexibility index (Phi) is 2.93. The molecule has 5 heteroatoms. The number of hydrogen-bond donors (Lipinski definition) is 2. The van der Waals surface area contributed by atoms with Crippen molar-refractivity contribution in [1.29, 1.82) is 0 Å². The van der Waals surface area contributed by atoms with Gasteiger partial charge >= 0.3 is 0 Å². The molecule has 3 nitrogen and oxygen atoms in total. The monoisotopic (exact) mass is 275 g/mol. The fourth-order valence-electron chi connectivity index (χ4n) is 1.92. The van der Waals surface area contributed by atoms with Crippen molar-refractivity contribution < 1.29 is 0 Å². The largest absolute Gasteiger partial charge is 0.395 e. The minimum atomic E-state index is 0.245. The Morgan fingerprint density at radius 3 is 3.00 bits per heavy atom. The van der Waals surface area contributed by atoms with E-state index in [0.29, 0.717) is 0 Å². The highest BCUT2D eigenvalue weighted by atomic mass is 32.1. The molecule has 1 atom stereocenters. The van der Waals surface area contributed by atoms with E-state index in [0.717, 1.165) is 21.6 Å². The average molecular weight is 275 g/mol. The summed E-state index contributed by atoms with van der Waals surface area (Å²) in [5.41, 5.74) is 11.8. The van der Waals surface area contributed by atoms with Crippen LogP contribution in [0.4, 0.5) is 11.4 Å². The molecule has 1 aromatic carbocycles. The zero-order valence-corrected chi connectivity index (χ0v) is 11.5. The molecule has 0 radical (unpaired) electrons. The number of nitrogens with one attached hydrogen (secondary N) is 1. The Morgan fingerprint density at radius 2 is 2.22 bits per heavy atom. The molecule has 3 aromatic rings. The van der Waals surface area contributed by atoms with Gasteiger partial charge in [-0.3, -0.25) is 0 Å². The van der Waals surface area contributed by atoms with E-state index in [4.69, 9.17) is 5.73 Å². The number of thiazole rings is 1. The normalized spacial score (nSPS) is 12.7. The van der Waals surface area contributed by atoms with Gasteiger partial charge in [0.1, 0.15) is 5.52 Å². The van der Waals surface area contributed by atoms with Crippen molar-refractivity contribution in [1.82, 2.24) is 4.98 Å². The molecular weight excluding hydrogens is 262 g/mol. The molecule has 0 fully saturated rings. The molecule has 3 rings (SSSR count). The summed E-state index contributed by atoms with van der Waals surface area (Å²) in [5.74, 6) is 0. The lowest BCUT2D eigenvalue weighted by Gasteiger charge is -2.16. The fraction of sp³-hybridized carbons (Fsp3) is 0.154. The van der Waals surface area contributed by atoms with Crippen LogP contribution in [0, 0.1) is 0 Å². The van der Waals surface area contributed by atoms with E-state index in [9.17, 15) is 0 Å². The summed E-state index contributed by atoms with van der Waals surface area (Å²) in [6.07, 6.45) is 0. The zero-order valence-electron chi connectivity index (χ0n) is 9.88. The molecule has 0 saturated heterocycles. The van der Waals surface area contributed by atoms with Gasteiger partial charge in [-0.25, -0.2) is 4.98 Å². The molecule has 18 heavy (non-hydrogen) atoms. The number of hydrogen-bond acceptors (Lipinski definition) is 5. The van der Waals surface area contributed by atoms with Crippen LogP contribution in [0.25, 0.3) is 10.2 Å². The van der Waals surface area contributed by atoms with Crippen LogP contribution >= 0.6 is 22.7 Å². The van der Waals surface area contributed by atoms with E-state index in [-0.39, 0.29) is 6.04 Å². The van der Waals surface area contributed by atoms with Gasteiger partial charge in [0, 0.05) is 6.04 Å². The zero-order chi connectivity index (χ0) is 12.5. The molecule has 0 bridgehead atoms. The molecule has 2 heterocycles. The molecule has 1 unspecified atom stereocenters. The Labute approximate surface area is 113 Å². The third kappa shape index (κ3) is 1.95. The Balaban J connectivity index is 1.93. The number of nitrogens with two attached hydrogens (primary N) is 1. The Morgan fingerprint density at radius 1 is 1.33 bits per heavy atom. The summed E-state index contributed by atoms with van der Waals surface area (Å²) in [7, 11) is 0. The predicted molar refractivity (Wildman–Crippen MR) is 80.4 cm³/mol. The van der Waals surface area contributed by atoms with Crippen LogP contribution in [-0.2, 0) is 0 Å². The topological polar surface area (TPSA) is 50.9 Å². The second-order valence-electron chi connectivity index (χ2n) is 4.15. The van der Waals surface area contributed by atoms with Gasteiger partial charge in [0.05, 0.1) is 21.6 Å². The second-order valence-corrected chi connectivity index (χ2v) is 5.81. The minimum absolute atomic E-state index is 0.245. The van der Waals surface area contributed by atoms with Crippen LogP contribution in [0.15, 0.2) is 34.5 Å². The van der Waals surface area contributed by atoms with Crippen LogP contribution < -0.4 is 11.1 Å². The number of nitrogen functional groups attached to an aromatic ring is 1. The summed E-state index contributed by atoms with van der Waals surface area (Å²) in [5, 5.41) is 7.67. The molecule has 2 aromatic heterocycles. The van der Waals surface area contributed by atoms with Crippen molar-refractivity contribution in [3.8, 4) is 0 Å². The summed E-state index contributed by atoms with van der Waals surface area (Å²) >= 11 is 3.31. The van der Waals surface area contributed by atoms with Crippen molar-refractivity contribution in [2.75, 3.05) is 11.1 Å². The predicted octanol–water partition coefficient (Wildman–Crippen LogP) is 4.11. The van der Waals surface area contributed by atoms with Gasteiger partial charge in [-0.1, -0.05) is 0 Å². The van der Waals surface area contributed by atoms with Crippen molar-refractivity contribution in [2.45, 2.75) is 13.0 Å². The highest BCUT2D eigenvalue weighted by Crippen LogP contribution is 2.32.